The Kier molecular flexibility index (Phi) is 2.28. The lowest BCUT2D eigenvalue weighted by Gasteiger charge is -2.28. The molecule has 86 valence electrons. The van der Waals surface area contributed by atoms with Crippen LogP contribution in [0.5, 0.6) is 0 Å². The minimum Gasteiger partial charge on any atom is -0.325 e. The maximum Gasteiger partial charge on any atom is 0.123 e. The second kappa shape index (κ2) is 3.56. The van der Waals surface area contributed by atoms with Gasteiger partial charge in [-0.15, -0.1) is 0 Å². The summed E-state index contributed by atoms with van der Waals surface area (Å²) in [5.41, 5.74) is 7.42. The van der Waals surface area contributed by atoms with Crippen LogP contribution in [0.1, 0.15) is 43.6 Å². The Balaban J connectivity index is 1.69. The smallest absolute Gasteiger partial charge is 0.123 e. The number of nitrogens with two attached hydrogens (primary N) is 1. The van der Waals surface area contributed by atoms with Crippen molar-refractivity contribution in [3.05, 3.63) is 35.6 Å². The van der Waals surface area contributed by atoms with Gasteiger partial charge in [0.2, 0.25) is 0 Å². The quantitative estimate of drug-likeness (QED) is 0.830. The van der Waals surface area contributed by atoms with E-state index >= 15 is 0 Å². The Morgan fingerprint density at radius 3 is 2.81 bits per heavy atom. The molecule has 0 saturated heterocycles. The molecule has 0 bridgehead atoms. The van der Waals surface area contributed by atoms with E-state index in [1.54, 1.807) is 12.1 Å². The van der Waals surface area contributed by atoms with Crippen LogP contribution >= 0.6 is 0 Å². The monoisotopic (exact) mass is 219 g/mol. The Bertz CT molecular complexity index is 399. The highest BCUT2D eigenvalue weighted by molar-refractivity contribution is 5.33. The normalized spacial score (nSPS) is 33.5. The van der Waals surface area contributed by atoms with Crippen molar-refractivity contribution >= 4 is 0 Å². The average molecular weight is 219 g/mol. The van der Waals surface area contributed by atoms with Crippen molar-refractivity contribution in [3.8, 4) is 0 Å². The summed E-state index contributed by atoms with van der Waals surface area (Å²) in [6, 6.07) is 6.92. The van der Waals surface area contributed by atoms with E-state index in [0.717, 1.165) is 24.3 Å². The molecular formula is C14H18FN. The summed E-state index contributed by atoms with van der Waals surface area (Å²) >= 11 is 0. The molecule has 2 atom stereocenters. The van der Waals surface area contributed by atoms with Crippen LogP contribution in [0.25, 0.3) is 0 Å². The molecule has 0 amide bonds. The topological polar surface area (TPSA) is 26.0 Å². The molecule has 3 rings (SSSR count). The largest absolute Gasteiger partial charge is 0.325 e. The highest BCUT2D eigenvalue weighted by atomic mass is 19.1. The summed E-state index contributed by atoms with van der Waals surface area (Å²) in [6.07, 6.45) is 6.22. The Hall–Kier alpha value is -0.890. The zero-order valence-electron chi connectivity index (χ0n) is 9.45. The molecule has 1 aromatic carbocycles. The van der Waals surface area contributed by atoms with Crippen LogP contribution < -0.4 is 5.73 Å². The number of hydrogen-bond donors (Lipinski definition) is 1. The Morgan fingerprint density at radius 1 is 1.38 bits per heavy atom. The van der Waals surface area contributed by atoms with Crippen molar-refractivity contribution in [2.45, 2.75) is 43.6 Å². The van der Waals surface area contributed by atoms with Gasteiger partial charge in [-0.1, -0.05) is 31.4 Å². The summed E-state index contributed by atoms with van der Waals surface area (Å²) < 4.78 is 13.1. The van der Waals surface area contributed by atoms with E-state index in [0.29, 0.717) is 5.92 Å². The fraction of sp³-hybridized carbons (Fsp3) is 0.571. The van der Waals surface area contributed by atoms with Gasteiger partial charge in [-0.05, 0) is 36.5 Å². The summed E-state index contributed by atoms with van der Waals surface area (Å²) in [7, 11) is 0. The molecule has 2 aliphatic rings. The van der Waals surface area contributed by atoms with E-state index in [4.69, 9.17) is 5.73 Å². The van der Waals surface area contributed by atoms with Crippen molar-refractivity contribution in [3.63, 3.8) is 0 Å². The third kappa shape index (κ3) is 1.75. The van der Waals surface area contributed by atoms with Gasteiger partial charge in [0.15, 0.2) is 0 Å². The third-order valence-electron chi connectivity index (χ3n) is 4.26. The Labute approximate surface area is 95.8 Å². The van der Waals surface area contributed by atoms with Gasteiger partial charge in [0.25, 0.3) is 0 Å². The predicted molar refractivity (Wildman–Crippen MR) is 62.6 cm³/mol. The molecule has 2 heteroatoms. The average Bonchev–Trinajstić information content (AvgIpc) is 2.86. The van der Waals surface area contributed by atoms with Gasteiger partial charge in [0, 0.05) is 11.5 Å². The van der Waals surface area contributed by atoms with E-state index in [1.165, 1.54) is 25.3 Å². The molecule has 0 radical (unpaired) electrons. The van der Waals surface area contributed by atoms with Crippen molar-refractivity contribution in [2.75, 3.05) is 0 Å². The van der Waals surface area contributed by atoms with Crippen LogP contribution in [0.3, 0.4) is 0 Å². The minimum atomic E-state index is -0.143. The molecule has 2 saturated carbocycles. The number of benzene rings is 1. The summed E-state index contributed by atoms with van der Waals surface area (Å²) in [5, 5.41) is 0. The van der Waals surface area contributed by atoms with Gasteiger partial charge in [-0.2, -0.15) is 0 Å². The second-order valence-corrected chi connectivity index (χ2v) is 5.55. The molecule has 0 heterocycles. The number of rotatable bonds is 3. The minimum absolute atomic E-state index is 0.0289. The third-order valence-corrected chi connectivity index (χ3v) is 4.26. The maximum absolute atomic E-state index is 13.1. The predicted octanol–water partition coefficient (Wildman–Crippen LogP) is 3.20. The van der Waals surface area contributed by atoms with Gasteiger partial charge >= 0.3 is 0 Å². The van der Waals surface area contributed by atoms with Crippen molar-refractivity contribution in [2.24, 2.45) is 11.7 Å². The van der Waals surface area contributed by atoms with E-state index < -0.39 is 0 Å². The van der Waals surface area contributed by atoms with Gasteiger partial charge in [0.1, 0.15) is 5.82 Å². The first-order valence-corrected chi connectivity index (χ1v) is 6.22. The van der Waals surface area contributed by atoms with Crippen molar-refractivity contribution in [1.29, 1.82) is 0 Å². The van der Waals surface area contributed by atoms with Gasteiger partial charge < -0.3 is 5.73 Å². The van der Waals surface area contributed by atoms with Gasteiger partial charge in [0.05, 0.1) is 0 Å². The lowest BCUT2D eigenvalue weighted by molar-refractivity contribution is 0.267. The van der Waals surface area contributed by atoms with Crippen LogP contribution in [0.15, 0.2) is 24.3 Å². The van der Waals surface area contributed by atoms with Crippen LogP contribution in [0.4, 0.5) is 4.39 Å². The molecule has 1 aromatic rings. The van der Waals surface area contributed by atoms with Crippen molar-refractivity contribution in [1.82, 2.24) is 0 Å². The van der Waals surface area contributed by atoms with E-state index in [9.17, 15) is 4.39 Å². The van der Waals surface area contributed by atoms with Crippen LogP contribution in [0, 0.1) is 11.7 Å². The molecule has 2 aliphatic carbocycles. The van der Waals surface area contributed by atoms with Crippen molar-refractivity contribution < 1.29 is 4.39 Å². The first-order valence-electron chi connectivity index (χ1n) is 6.22. The molecule has 0 aliphatic heterocycles. The first kappa shape index (κ1) is 10.3. The van der Waals surface area contributed by atoms with E-state index in [1.807, 2.05) is 6.07 Å². The summed E-state index contributed by atoms with van der Waals surface area (Å²) in [6.45, 7) is 0. The lowest BCUT2D eigenvalue weighted by atomic mass is 9.79. The van der Waals surface area contributed by atoms with E-state index in [2.05, 4.69) is 0 Å². The first-order chi connectivity index (χ1) is 7.67. The van der Waals surface area contributed by atoms with Crippen LogP contribution in [-0.4, -0.2) is 5.54 Å². The molecule has 16 heavy (non-hydrogen) atoms. The molecular weight excluding hydrogens is 201 g/mol. The van der Waals surface area contributed by atoms with Gasteiger partial charge in [-0.25, -0.2) is 4.39 Å². The standard InChI is InChI=1S/C14H18FN/c15-12-6-2-5-11(7-12)13-9-14(13,16)8-10-3-1-4-10/h2,5-7,10,13H,1,3-4,8-9,16H2. The molecule has 0 aromatic heterocycles. The van der Waals surface area contributed by atoms with Gasteiger partial charge in [-0.3, -0.25) is 0 Å². The molecule has 2 fully saturated rings. The van der Waals surface area contributed by atoms with Crippen LogP contribution in [0.2, 0.25) is 0 Å². The SMILES string of the molecule is NC1(CC2CCC2)CC1c1cccc(F)c1. The number of hydrogen-bond acceptors (Lipinski definition) is 1. The Morgan fingerprint density at radius 2 is 2.19 bits per heavy atom. The van der Waals surface area contributed by atoms with Crippen LogP contribution in [-0.2, 0) is 0 Å². The molecule has 1 nitrogen and oxygen atoms in total. The molecule has 2 N–H and O–H groups in total. The lowest BCUT2D eigenvalue weighted by Crippen LogP contribution is -2.30. The highest BCUT2D eigenvalue weighted by Crippen LogP contribution is 2.54. The van der Waals surface area contributed by atoms with E-state index in [-0.39, 0.29) is 11.4 Å². The summed E-state index contributed by atoms with van der Waals surface area (Å²) in [5.74, 6) is 1.09. The fourth-order valence-corrected chi connectivity index (χ4v) is 2.95. The zero-order valence-corrected chi connectivity index (χ0v) is 9.45. The second-order valence-electron chi connectivity index (χ2n) is 5.55. The zero-order chi connectivity index (χ0) is 11.2. The fourth-order valence-electron chi connectivity index (χ4n) is 2.95. The summed E-state index contributed by atoms with van der Waals surface area (Å²) in [4.78, 5) is 0. The molecule has 2 unspecified atom stereocenters. The molecule has 0 spiro atoms. The number of halogens is 1. The maximum atomic E-state index is 13.1. The highest BCUT2D eigenvalue weighted by Gasteiger charge is 2.52.